The summed E-state index contributed by atoms with van der Waals surface area (Å²) in [4.78, 5) is 7.91. The van der Waals surface area contributed by atoms with Gasteiger partial charge in [-0.25, -0.2) is 0 Å². The molecule has 0 saturated heterocycles. The van der Waals surface area contributed by atoms with Crippen LogP contribution in [0.5, 0.6) is 0 Å². The van der Waals surface area contributed by atoms with Gasteiger partial charge in [0, 0.05) is 12.5 Å². The fourth-order valence-corrected chi connectivity index (χ4v) is 3.33. The van der Waals surface area contributed by atoms with Crippen molar-refractivity contribution in [3.8, 4) is 0 Å². The molecule has 114 valence electrons. The number of rotatable bonds is 6. The number of aromatic nitrogens is 4. The third-order valence-electron chi connectivity index (χ3n) is 3.90. The van der Waals surface area contributed by atoms with E-state index in [9.17, 15) is 0 Å². The van der Waals surface area contributed by atoms with Crippen molar-refractivity contribution < 1.29 is 4.52 Å². The Morgan fingerprint density at radius 1 is 1.33 bits per heavy atom. The molecule has 3 rings (SSSR count). The molecule has 2 heterocycles. The minimum absolute atomic E-state index is 0.405. The van der Waals surface area contributed by atoms with Crippen LogP contribution in [0.4, 0.5) is 0 Å². The Kier molecular flexibility index (Phi) is 4.30. The van der Waals surface area contributed by atoms with Gasteiger partial charge in [-0.05, 0) is 37.3 Å². The largest absolute Gasteiger partial charge is 0.339 e. The maximum atomic E-state index is 5.36. The number of hydrogen-bond donors (Lipinski definition) is 0. The normalized spacial score (nSPS) is 15.9. The summed E-state index contributed by atoms with van der Waals surface area (Å²) in [5, 5.41) is 8.30. The summed E-state index contributed by atoms with van der Waals surface area (Å²) in [6, 6.07) is 0. The Labute approximate surface area is 128 Å². The summed E-state index contributed by atoms with van der Waals surface area (Å²) in [6.45, 7) is 5.79. The summed E-state index contributed by atoms with van der Waals surface area (Å²) in [7, 11) is 2.06. The zero-order valence-electron chi connectivity index (χ0n) is 12.7. The number of hydrogen-bond acceptors (Lipinski definition) is 7. The van der Waals surface area contributed by atoms with E-state index in [4.69, 9.17) is 4.52 Å². The molecule has 0 atom stereocenters. The van der Waals surface area contributed by atoms with Crippen LogP contribution in [0.25, 0.3) is 0 Å². The average molecular weight is 307 g/mol. The van der Waals surface area contributed by atoms with Crippen molar-refractivity contribution in [1.29, 1.82) is 0 Å². The van der Waals surface area contributed by atoms with E-state index in [-0.39, 0.29) is 0 Å². The van der Waals surface area contributed by atoms with E-state index in [1.165, 1.54) is 35.7 Å². The predicted molar refractivity (Wildman–Crippen MR) is 80.1 cm³/mol. The molecule has 2 aromatic heterocycles. The van der Waals surface area contributed by atoms with Crippen LogP contribution in [0.15, 0.2) is 4.52 Å². The summed E-state index contributed by atoms with van der Waals surface area (Å²) >= 11 is 1.47. The van der Waals surface area contributed by atoms with E-state index in [1.54, 1.807) is 0 Å². The van der Waals surface area contributed by atoms with Gasteiger partial charge in [0.2, 0.25) is 5.89 Å². The summed E-state index contributed by atoms with van der Waals surface area (Å²) in [6.07, 6.45) is 3.64. The van der Waals surface area contributed by atoms with Crippen LogP contribution in [-0.2, 0) is 13.1 Å². The van der Waals surface area contributed by atoms with Gasteiger partial charge < -0.3 is 4.52 Å². The van der Waals surface area contributed by atoms with Crippen molar-refractivity contribution in [2.45, 2.75) is 58.0 Å². The standard InChI is InChI=1S/C14H21N5OS/c1-9(2)13-11(21-18-16-13)7-19(3)8-12-15-14(20-17-12)10-5-4-6-10/h9-10H,4-8H2,1-3H3. The highest BCUT2D eigenvalue weighted by molar-refractivity contribution is 7.05. The third kappa shape index (κ3) is 3.29. The van der Waals surface area contributed by atoms with Crippen molar-refractivity contribution in [3.63, 3.8) is 0 Å². The van der Waals surface area contributed by atoms with Crippen molar-refractivity contribution in [3.05, 3.63) is 22.3 Å². The lowest BCUT2D eigenvalue weighted by atomic mass is 9.85. The topological polar surface area (TPSA) is 67.9 Å². The third-order valence-corrected chi connectivity index (χ3v) is 4.62. The second-order valence-electron chi connectivity index (χ2n) is 6.09. The van der Waals surface area contributed by atoms with E-state index in [0.717, 1.165) is 24.0 Å². The van der Waals surface area contributed by atoms with E-state index in [0.29, 0.717) is 18.4 Å². The molecular weight excluding hydrogens is 286 g/mol. The minimum Gasteiger partial charge on any atom is -0.339 e. The lowest BCUT2D eigenvalue weighted by molar-refractivity contribution is 0.281. The van der Waals surface area contributed by atoms with Gasteiger partial charge in [0.05, 0.1) is 17.1 Å². The molecule has 0 aliphatic heterocycles. The fraction of sp³-hybridized carbons (Fsp3) is 0.714. The Bertz CT molecular complexity index is 590. The van der Waals surface area contributed by atoms with Crippen molar-refractivity contribution in [2.24, 2.45) is 0 Å². The van der Waals surface area contributed by atoms with E-state index in [1.807, 2.05) is 0 Å². The molecule has 0 aromatic carbocycles. The summed E-state index contributed by atoms with van der Waals surface area (Å²) in [5.74, 6) is 2.48. The Morgan fingerprint density at radius 2 is 2.14 bits per heavy atom. The molecular formula is C14H21N5OS. The van der Waals surface area contributed by atoms with Gasteiger partial charge in [0.25, 0.3) is 0 Å². The van der Waals surface area contributed by atoms with Gasteiger partial charge in [-0.15, -0.1) is 5.10 Å². The lowest BCUT2D eigenvalue weighted by Gasteiger charge is -2.20. The van der Waals surface area contributed by atoms with Crippen molar-refractivity contribution in [1.82, 2.24) is 24.6 Å². The average Bonchev–Trinajstić information content (AvgIpc) is 2.96. The van der Waals surface area contributed by atoms with Crippen molar-refractivity contribution >= 4 is 11.5 Å². The first kappa shape index (κ1) is 14.6. The maximum Gasteiger partial charge on any atom is 0.229 e. The van der Waals surface area contributed by atoms with Gasteiger partial charge in [-0.1, -0.05) is 29.9 Å². The monoisotopic (exact) mass is 307 g/mol. The zero-order chi connectivity index (χ0) is 14.8. The molecule has 0 N–H and O–H groups in total. The van der Waals surface area contributed by atoms with Crippen LogP contribution >= 0.6 is 11.5 Å². The Hall–Kier alpha value is -1.34. The molecule has 21 heavy (non-hydrogen) atoms. The summed E-state index contributed by atoms with van der Waals surface area (Å²) < 4.78 is 9.42. The smallest absolute Gasteiger partial charge is 0.229 e. The molecule has 1 fully saturated rings. The van der Waals surface area contributed by atoms with Crippen LogP contribution in [0.2, 0.25) is 0 Å². The highest BCUT2D eigenvalue weighted by atomic mass is 32.1. The molecule has 1 aliphatic rings. The van der Waals surface area contributed by atoms with E-state index in [2.05, 4.69) is 45.5 Å². The predicted octanol–water partition coefficient (Wildman–Crippen LogP) is 2.94. The van der Waals surface area contributed by atoms with Gasteiger partial charge >= 0.3 is 0 Å². The molecule has 0 unspecified atom stereocenters. The Balaban J connectivity index is 1.59. The van der Waals surface area contributed by atoms with Crippen LogP contribution in [0, 0.1) is 0 Å². The zero-order valence-corrected chi connectivity index (χ0v) is 13.6. The Morgan fingerprint density at radius 3 is 2.81 bits per heavy atom. The molecule has 1 saturated carbocycles. The molecule has 0 radical (unpaired) electrons. The molecule has 0 bridgehead atoms. The fourth-order valence-electron chi connectivity index (χ4n) is 2.46. The molecule has 6 nitrogen and oxygen atoms in total. The lowest BCUT2D eigenvalue weighted by Crippen LogP contribution is -2.18. The van der Waals surface area contributed by atoms with Crippen LogP contribution in [0.1, 0.15) is 67.2 Å². The SMILES string of the molecule is CC(C)c1nnsc1CN(C)Cc1noc(C2CCC2)n1. The molecule has 0 spiro atoms. The second-order valence-corrected chi connectivity index (χ2v) is 6.92. The van der Waals surface area contributed by atoms with Crippen molar-refractivity contribution in [2.75, 3.05) is 7.05 Å². The molecule has 1 aliphatic carbocycles. The number of nitrogens with zero attached hydrogens (tertiary/aromatic N) is 5. The van der Waals surface area contributed by atoms with Gasteiger partial charge in [0.15, 0.2) is 5.82 Å². The highest BCUT2D eigenvalue weighted by Crippen LogP contribution is 2.35. The minimum atomic E-state index is 0.405. The quantitative estimate of drug-likeness (QED) is 0.817. The summed E-state index contributed by atoms with van der Waals surface area (Å²) in [5.41, 5.74) is 1.09. The van der Waals surface area contributed by atoms with E-state index < -0.39 is 0 Å². The maximum absolute atomic E-state index is 5.36. The van der Waals surface area contributed by atoms with Crippen LogP contribution in [0.3, 0.4) is 0 Å². The first-order valence-corrected chi connectivity index (χ1v) is 8.23. The first-order valence-electron chi connectivity index (χ1n) is 7.45. The van der Waals surface area contributed by atoms with E-state index >= 15 is 0 Å². The van der Waals surface area contributed by atoms with Crippen LogP contribution in [-0.4, -0.2) is 31.7 Å². The molecule has 7 heteroatoms. The first-order chi connectivity index (χ1) is 10.1. The van der Waals surface area contributed by atoms with Gasteiger partial charge in [0.1, 0.15) is 0 Å². The molecule has 2 aromatic rings. The van der Waals surface area contributed by atoms with Gasteiger partial charge in [-0.2, -0.15) is 4.98 Å². The second kappa shape index (κ2) is 6.19. The van der Waals surface area contributed by atoms with Gasteiger partial charge in [-0.3, -0.25) is 4.90 Å². The highest BCUT2D eigenvalue weighted by Gasteiger charge is 2.25. The van der Waals surface area contributed by atoms with Crippen LogP contribution < -0.4 is 0 Å². The molecule has 0 amide bonds.